The van der Waals surface area contributed by atoms with E-state index in [1.807, 2.05) is 0 Å². The number of unbranched alkanes of at least 4 members (excludes halogenated alkanes) is 15. The summed E-state index contributed by atoms with van der Waals surface area (Å²) in [4.78, 5) is 0. The summed E-state index contributed by atoms with van der Waals surface area (Å²) < 4.78 is 0. The zero-order valence-corrected chi connectivity index (χ0v) is 15.0. The van der Waals surface area contributed by atoms with E-state index in [9.17, 15) is 0 Å². The first-order chi connectivity index (χ1) is 10.4. The van der Waals surface area contributed by atoms with E-state index in [4.69, 9.17) is 0 Å². The maximum Gasteiger partial charge on any atom is -0.0414 e. The minimum absolute atomic E-state index is 1.15. The van der Waals surface area contributed by atoms with Crippen LogP contribution >= 0.6 is 0 Å². The van der Waals surface area contributed by atoms with Crippen LogP contribution in [0.5, 0.6) is 0 Å². The van der Waals surface area contributed by atoms with Gasteiger partial charge in [-0.1, -0.05) is 129 Å². The number of hydrogen-bond acceptors (Lipinski definition) is 0. The summed E-state index contributed by atoms with van der Waals surface area (Å²) in [6, 6.07) is 0. The van der Waals surface area contributed by atoms with Gasteiger partial charge in [0.1, 0.15) is 0 Å². The molecule has 0 heteroatoms. The van der Waals surface area contributed by atoms with Crippen LogP contribution in [-0.2, 0) is 0 Å². The van der Waals surface area contributed by atoms with Gasteiger partial charge in [0.05, 0.1) is 0 Å². The van der Waals surface area contributed by atoms with E-state index < -0.39 is 0 Å². The molecule has 1 fully saturated rings. The molecule has 0 unspecified atom stereocenters. The molecule has 0 atom stereocenters. The predicted molar refractivity (Wildman–Crippen MR) is 96.9 cm³/mol. The molecule has 0 N–H and O–H groups in total. The van der Waals surface area contributed by atoms with Crippen molar-refractivity contribution in [2.45, 2.75) is 129 Å². The second-order valence-electron chi connectivity index (χ2n) is 7.54. The Kier molecular flexibility index (Phi) is 13.5. The van der Waals surface area contributed by atoms with Gasteiger partial charge in [0.25, 0.3) is 0 Å². The standard InChI is InChI=1S/C21H42/c1-2-3-4-5-6-7-8-9-10-11-12-13-14-15-16-17-18-21-19-20-21/h21H,2-20H2,1H3. The summed E-state index contributed by atoms with van der Waals surface area (Å²) in [5.74, 6) is 1.15. The van der Waals surface area contributed by atoms with Gasteiger partial charge in [-0.2, -0.15) is 0 Å². The summed E-state index contributed by atoms with van der Waals surface area (Å²) in [7, 11) is 0. The summed E-state index contributed by atoms with van der Waals surface area (Å²) in [6.07, 6.45) is 28.4. The second-order valence-corrected chi connectivity index (χ2v) is 7.54. The highest BCUT2D eigenvalue weighted by molar-refractivity contribution is 4.72. The van der Waals surface area contributed by atoms with Crippen LogP contribution in [-0.4, -0.2) is 0 Å². The van der Waals surface area contributed by atoms with E-state index in [2.05, 4.69) is 6.92 Å². The third kappa shape index (κ3) is 14.7. The molecule has 1 saturated carbocycles. The van der Waals surface area contributed by atoms with Gasteiger partial charge >= 0.3 is 0 Å². The number of rotatable bonds is 17. The zero-order chi connectivity index (χ0) is 15.0. The summed E-state index contributed by atoms with van der Waals surface area (Å²) in [5.41, 5.74) is 0. The Hall–Kier alpha value is 0. The molecule has 0 aromatic rings. The van der Waals surface area contributed by atoms with Crippen LogP contribution in [0.2, 0.25) is 0 Å². The Morgan fingerprint density at radius 1 is 0.476 bits per heavy atom. The second kappa shape index (κ2) is 14.9. The fourth-order valence-electron chi connectivity index (χ4n) is 3.39. The van der Waals surface area contributed by atoms with E-state index in [0.29, 0.717) is 0 Å². The molecule has 0 saturated heterocycles. The highest BCUT2D eigenvalue weighted by Crippen LogP contribution is 2.34. The van der Waals surface area contributed by atoms with Gasteiger partial charge in [0.15, 0.2) is 0 Å². The lowest BCUT2D eigenvalue weighted by Gasteiger charge is -2.03. The molecular formula is C21H42. The van der Waals surface area contributed by atoms with Crippen molar-refractivity contribution >= 4 is 0 Å². The Bertz CT molecular complexity index is 192. The van der Waals surface area contributed by atoms with Crippen LogP contribution in [0, 0.1) is 5.92 Å². The van der Waals surface area contributed by atoms with Crippen molar-refractivity contribution in [1.29, 1.82) is 0 Å². The van der Waals surface area contributed by atoms with E-state index in [-0.39, 0.29) is 0 Å². The first kappa shape index (κ1) is 19.0. The molecular weight excluding hydrogens is 252 g/mol. The van der Waals surface area contributed by atoms with Gasteiger partial charge in [-0.3, -0.25) is 0 Å². The summed E-state index contributed by atoms with van der Waals surface area (Å²) in [6.45, 7) is 2.30. The summed E-state index contributed by atoms with van der Waals surface area (Å²) in [5, 5.41) is 0. The average molecular weight is 295 g/mol. The van der Waals surface area contributed by atoms with E-state index in [1.165, 1.54) is 103 Å². The van der Waals surface area contributed by atoms with E-state index in [0.717, 1.165) is 5.92 Å². The molecule has 126 valence electrons. The van der Waals surface area contributed by atoms with Gasteiger partial charge in [-0.05, 0) is 5.92 Å². The molecule has 0 heterocycles. The van der Waals surface area contributed by atoms with Crippen LogP contribution in [0.25, 0.3) is 0 Å². The normalized spacial score (nSPS) is 14.7. The maximum atomic E-state index is 2.30. The van der Waals surface area contributed by atoms with Crippen molar-refractivity contribution in [2.75, 3.05) is 0 Å². The highest BCUT2D eigenvalue weighted by Gasteiger charge is 2.19. The first-order valence-corrected chi connectivity index (χ1v) is 10.4. The molecule has 1 aliphatic carbocycles. The molecule has 0 spiro atoms. The third-order valence-corrected chi connectivity index (χ3v) is 5.16. The van der Waals surface area contributed by atoms with Gasteiger partial charge in [-0.15, -0.1) is 0 Å². The van der Waals surface area contributed by atoms with Gasteiger partial charge < -0.3 is 0 Å². The lowest BCUT2D eigenvalue weighted by molar-refractivity contribution is 0.523. The summed E-state index contributed by atoms with van der Waals surface area (Å²) >= 11 is 0. The molecule has 1 aliphatic rings. The minimum atomic E-state index is 1.15. The topological polar surface area (TPSA) is 0 Å². The van der Waals surface area contributed by atoms with Crippen LogP contribution in [0.1, 0.15) is 129 Å². The molecule has 0 bridgehead atoms. The van der Waals surface area contributed by atoms with Crippen molar-refractivity contribution in [2.24, 2.45) is 5.92 Å². The lowest BCUT2D eigenvalue weighted by Crippen LogP contribution is -1.84. The minimum Gasteiger partial charge on any atom is -0.0654 e. The van der Waals surface area contributed by atoms with Gasteiger partial charge in [0.2, 0.25) is 0 Å². The lowest BCUT2D eigenvalue weighted by atomic mass is 10.0. The monoisotopic (exact) mass is 294 g/mol. The Morgan fingerprint density at radius 2 is 0.810 bits per heavy atom. The smallest absolute Gasteiger partial charge is 0.0414 e. The Morgan fingerprint density at radius 3 is 1.14 bits per heavy atom. The van der Waals surface area contributed by atoms with Crippen molar-refractivity contribution in [3.63, 3.8) is 0 Å². The molecule has 0 nitrogen and oxygen atoms in total. The highest BCUT2D eigenvalue weighted by atomic mass is 14.3. The molecule has 0 aliphatic heterocycles. The molecule has 0 amide bonds. The first-order valence-electron chi connectivity index (χ1n) is 10.4. The average Bonchev–Trinajstić information content (AvgIpc) is 3.31. The fraction of sp³-hybridized carbons (Fsp3) is 1.00. The van der Waals surface area contributed by atoms with E-state index in [1.54, 1.807) is 19.3 Å². The van der Waals surface area contributed by atoms with Crippen molar-refractivity contribution in [3.05, 3.63) is 0 Å². The molecule has 1 rings (SSSR count). The van der Waals surface area contributed by atoms with Gasteiger partial charge in [0, 0.05) is 0 Å². The predicted octanol–water partition coefficient (Wildman–Crippen LogP) is 8.05. The molecule has 21 heavy (non-hydrogen) atoms. The molecule has 0 aromatic heterocycles. The van der Waals surface area contributed by atoms with Crippen molar-refractivity contribution in [3.8, 4) is 0 Å². The van der Waals surface area contributed by atoms with Crippen LogP contribution in [0.4, 0.5) is 0 Å². The van der Waals surface area contributed by atoms with Crippen molar-refractivity contribution in [1.82, 2.24) is 0 Å². The Balaban J connectivity index is 1.59. The quantitative estimate of drug-likeness (QED) is 0.238. The van der Waals surface area contributed by atoms with Crippen LogP contribution in [0.15, 0.2) is 0 Å². The van der Waals surface area contributed by atoms with Crippen molar-refractivity contribution < 1.29 is 0 Å². The van der Waals surface area contributed by atoms with E-state index >= 15 is 0 Å². The number of hydrogen-bond donors (Lipinski definition) is 0. The maximum absolute atomic E-state index is 2.30. The zero-order valence-electron chi connectivity index (χ0n) is 15.0. The van der Waals surface area contributed by atoms with Crippen LogP contribution in [0.3, 0.4) is 0 Å². The SMILES string of the molecule is CCCCCCCCCCCCCCCCCCC1CC1. The largest absolute Gasteiger partial charge is 0.0654 e. The Labute approximate surface area is 135 Å². The molecule has 0 aromatic carbocycles. The van der Waals surface area contributed by atoms with Gasteiger partial charge in [-0.25, -0.2) is 0 Å². The van der Waals surface area contributed by atoms with Crippen LogP contribution < -0.4 is 0 Å². The fourth-order valence-corrected chi connectivity index (χ4v) is 3.39. The molecule has 0 radical (unpaired) electrons. The third-order valence-electron chi connectivity index (χ3n) is 5.16.